The lowest BCUT2D eigenvalue weighted by atomic mass is 10.1. The van der Waals surface area contributed by atoms with Gasteiger partial charge >= 0.3 is 5.97 Å². The maximum absolute atomic E-state index is 11.9. The lowest BCUT2D eigenvalue weighted by molar-refractivity contribution is -0.145. The Kier molecular flexibility index (Phi) is 8.86. The number of esters is 1. The molecule has 0 aliphatic carbocycles. The fourth-order valence-electron chi connectivity index (χ4n) is 2.66. The van der Waals surface area contributed by atoms with Crippen LogP contribution >= 0.6 is 11.8 Å². The molecule has 2 aromatic carbocycles. The number of hydrogen-bond acceptors (Lipinski definition) is 6. The van der Waals surface area contributed by atoms with Crippen LogP contribution in [0.25, 0.3) is 0 Å². The van der Waals surface area contributed by atoms with Gasteiger partial charge in [-0.25, -0.2) is 0 Å². The first-order valence-corrected chi connectivity index (χ1v) is 10.4. The van der Waals surface area contributed by atoms with Crippen LogP contribution in [0.1, 0.15) is 22.3 Å². The average Bonchev–Trinajstić information content (AvgIpc) is 2.72. The van der Waals surface area contributed by atoms with Gasteiger partial charge in [0, 0.05) is 12.3 Å². The van der Waals surface area contributed by atoms with Crippen LogP contribution in [0.5, 0.6) is 11.5 Å². The summed E-state index contributed by atoms with van der Waals surface area (Å²) in [6.45, 7) is 4.10. The van der Waals surface area contributed by atoms with Gasteiger partial charge in [-0.1, -0.05) is 24.3 Å². The number of nitrogens with one attached hydrogen (secondary N) is 1. The van der Waals surface area contributed by atoms with Crippen molar-refractivity contribution in [2.45, 2.75) is 26.1 Å². The smallest absolute Gasteiger partial charge is 0.316 e. The van der Waals surface area contributed by atoms with Crippen LogP contribution in [0, 0.1) is 13.8 Å². The van der Waals surface area contributed by atoms with Crippen molar-refractivity contribution in [1.29, 1.82) is 0 Å². The lowest BCUT2D eigenvalue weighted by Gasteiger charge is -2.12. The predicted molar refractivity (Wildman–Crippen MR) is 114 cm³/mol. The largest absolute Gasteiger partial charge is 0.493 e. The molecular weight excluding hydrogens is 390 g/mol. The summed E-state index contributed by atoms with van der Waals surface area (Å²) in [5.74, 6) is 1.39. The van der Waals surface area contributed by atoms with Crippen molar-refractivity contribution in [1.82, 2.24) is 5.32 Å². The van der Waals surface area contributed by atoms with Gasteiger partial charge in [0.2, 0.25) is 0 Å². The highest BCUT2D eigenvalue weighted by Crippen LogP contribution is 2.31. The van der Waals surface area contributed by atoms with Crippen LogP contribution in [0.3, 0.4) is 0 Å². The van der Waals surface area contributed by atoms with Crippen LogP contribution < -0.4 is 14.8 Å². The minimum atomic E-state index is -0.417. The molecule has 0 bridgehead atoms. The van der Waals surface area contributed by atoms with E-state index in [1.54, 1.807) is 14.2 Å². The van der Waals surface area contributed by atoms with Crippen molar-refractivity contribution < 1.29 is 23.8 Å². The van der Waals surface area contributed by atoms with Crippen LogP contribution in [-0.4, -0.2) is 38.5 Å². The normalized spacial score (nSPS) is 10.3. The molecule has 0 unspecified atom stereocenters. The molecule has 2 rings (SSSR count). The van der Waals surface area contributed by atoms with E-state index in [2.05, 4.69) is 5.32 Å². The Balaban J connectivity index is 1.72. The number of rotatable bonds is 10. The molecule has 7 heteroatoms. The van der Waals surface area contributed by atoms with Gasteiger partial charge in [-0.3, -0.25) is 9.59 Å². The Morgan fingerprint density at radius 3 is 2.34 bits per heavy atom. The van der Waals surface area contributed by atoms with E-state index < -0.39 is 5.97 Å². The number of ether oxygens (including phenoxy) is 3. The first-order chi connectivity index (χ1) is 13.9. The molecule has 0 spiro atoms. The van der Waals surface area contributed by atoms with Crippen molar-refractivity contribution in [3.63, 3.8) is 0 Å². The molecule has 0 fully saturated rings. The fourth-order valence-corrected chi connectivity index (χ4v) is 3.55. The van der Waals surface area contributed by atoms with Gasteiger partial charge in [0.25, 0.3) is 5.91 Å². The molecule has 29 heavy (non-hydrogen) atoms. The van der Waals surface area contributed by atoms with E-state index in [9.17, 15) is 9.59 Å². The first-order valence-electron chi connectivity index (χ1n) is 9.20. The SMILES string of the molecule is COc1cc(C)c(CSCC(=O)OCC(=O)NCc2ccccc2C)cc1OC. The van der Waals surface area contributed by atoms with Gasteiger partial charge in [0.1, 0.15) is 0 Å². The van der Waals surface area contributed by atoms with Crippen molar-refractivity contribution in [3.05, 3.63) is 58.7 Å². The molecule has 0 aromatic heterocycles. The van der Waals surface area contributed by atoms with Crippen molar-refractivity contribution in [2.75, 3.05) is 26.6 Å². The van der Waals surface area contributed by atoms with Crippen molar-refractivity contribution in [2.24, 2.45) is 0 Å². The number of hydrogen-bond donors (Lipinski definition) is 1. The van der Waals surface area contributed by atoms with Crippen LogP contribution in [0.2, 0.25) is 0 Å². The van der Waals surface area contributed by atoms with E-state index in [0.717, 1.165) is 22.3 Å². The monoisotopic (exact) mass is 417 g/mol. The van der Waals surface area contributed by atoms with Crippen molar-refractivity contribution in [3.8, 4) is 11.5 Å². The Labute approximate surface area is 175 Å². The summed E-state index contributed by atoms with van der Waals surface area (Å²) >= 11 is 1.42. The molecule has 6 nitrogen and oxygen atoms in total. The third-order valence-electron chi connectivity index (χ3n) is 4.42. The molecule has 1 amide bonds. The standard InChI is InChI=1S/C22H27NO5S/c1-15-7-5-6-8-17(15)11-23-21(24)12-28-22(25)14-29-13-18-10-20(27-4)19(26-3)9-16(18)2/h5-10H,11-14H2,1-4H3,(H,23,24). The molecule has 1 N–H and O–H groups in total. The quantitative estimate of drug-likeness (QED) is 0.597. The second-order valence-corrected chi connectivity index (χ2v) is 7.48. The Morgan fingerprint density at radius 2 is 1.66 bits per heavy atom. The molecule has 0 aliphatic rings. The summed E-state index contributed by atoms with van der Waals surface area (Å²) in [4.78, 5) is 23.8. The Bertz CT molecular complexity index is 853. The maximum atomic E-state index is 11.9. The number of aryl methyl sites for hydroxylation is 2. The van der Waals surface area contributed by atoms with Gasteiger partial charge in [-0.05, 0) is 48.2 Å². The highest BCUT2D eigenvalue weighted by molar-refractivity contribution is 7.99. The molecule has 0 atom stereocenters. The molecule has 156 valence electrons. The second kappa shape index (κ2) is 11.4. The molecule has 0 heterocycles. The lowest BCUT2D eigenvalue weighted by Crippen LogP contribution is -2.29. The molecule has 0 saturated carbocycles. The zero-order valence-electron chi connectivity index (χ0n) is 17.2. The number of carbonyl (C=O) groups is 2. The summed E-state index contributed by atoms with van der Waals surface area (Å²) in [6, 6.07) is 11.6. The first kappa shape index (κ1) is 22.6. The molecule has 0 saturated heterocycles. The molecule has 2 aromatic rings. The third kappa shape index (κ3) is 7.02. The number of thioether (sulfide) groups is 1. The molecular formula is C22H27NO5S. The van der Waals surface area contributed by atoms with Gasteiger partial charge in [-0.2, -0.15) is 0 Å². The van der Waals surface area contributed by atoms with E-state index in [0.29, 0.717) is 23.8 Å². The molecule has 0 radical (unpaired) electrons. The highest BCUT2D eigenvalue weighted by atomic mass is 32.2. The number of methoxy groups -OCH3 is 2. The Hall–Kier alpha value is -2.67. The zero-order valence-corrected chi connectivity index (χ0v) is 18.1. The summed E-state index contributed by atoms with van der Waals surface area (Å²) < 4.78 is 15.7. The summed E-state index contributed by atoms with van der Waals surface area (Å²) in [5, 5.41) is 2.76. The van der Waals surface area contributed by atoms with E-state index in [1.807, 2.05) is 50.2 Å². The minimum absolute atomic E-state index is 0.166. The van der Waals surface area contributed by atoms with Crippen LogP contribution in [0.4, 0.5) is 0 Å². The van der Waals surface area contributed by atoms with Crippen LogP contribution in [-0.2, 0) is 26.6 Å². The van der Waals surface area contributed by atoms with E-state index >= 15 is 0 Å². The fraction of sp³-hybridized carbons (Fsp3) is 0.364. The van der Waals surface area contributed by atoms with Crippen LogP contribution in [0.15, 0.2) is 36.4 Å². The molecule has 0 aliphatic heterocycles. The maximum Gasteiger partial charge on any atom is 0.316 e. The topological polar surface area (TPSA) is 73.9 Å². The van der Waals surface area contributed by atoms with E-state index in [1.165, 1.54) is 11.8 Å². The highest BCUT2D eigenvalue weighted by Gasteiger charge is 2.11. The predicted octanol–water partition coefficient (Wildman–Crippen LogP) is 3.41. The van der Waals surface area contributed by atoms with E-state index in [4.69, 9.17) is 14.2 Å². The van der Waals surface area contributed by atoms with Crippen molar-refractivity contribution >= 4 is 23.6 Å². The van der Waals surface area contributed by atoms with Gasteiger partial charge in [0.15, 0.2) is 18.1 Å². The van der Waals surface area contributed by atoms with E-state index in [-0.39, 0.29) is 18.3 Å². The number of carbonyl (C=O) groups excluding carboxylic acids is 2. The average molecular weight is 418 g/mol. The summed E-state index contributed by atoms with van der Waals surface area (Å²) in [6.07, 6.45) is 0. The zero-order chi connectivity index (χ0) is 21.2. The second-order valence-electron chi connectivity index (χ2n) is 6.49. The summed E-state index contributed by atoms with van der Waals surface area (Å²) in [5.41, 5.74) is 4.25. The third-order valence-corrected chi connectivity index (χ3v) is 5.38. The van der Waals surface area contributed by atoms with Gasteiger partial charge in [-0.15, -0.1) is 11.8 Å². The van der Waals surface area contributed by atoms with Gasteiger partial charge in [0.05, 0.1) is 20.0 Å². The summed E-state index contributed by atoms with van der Waals surface area (Å²) in [7, 11) is 3.19. The number of benzene rings is 2. The van der Waals surface area contributed by atoms with Gasteiger partial charge < -0.3 is 19.5 Å². The number of amides is 1. The Morgan fingerprint density at radius 1 is 0.966 bits per heavy atom. The minimum Gasteiger partial charge on any atom is -0.493 e.